The zero-order chi connectivity index (χ0) is 24.6. The number of aryl methyl sites for hydroxylation is 3. The van der Waals surface area contributed by atoms with Gasteiger partial charge in [-0.1, -0.05) is 12.1 Å². The molecule has 2 heterocycles. The minimum absolute atomic E-state index is 0.239. The molecule has 0 unspecified atom stereocenters. The van der Waals surface area contributed by atoms with Crippen LogP contribution in [0, 0.1) is 33.5 Å². The lowest BCUT2D eigenvalue weighted by molar-refractivity contribution is -0.127. The lowest BCUT2D eigenvalue weighted by Crippen LogP contribution is -2.36. The van der Waals surface area contributed by atoms with Gasteiger partial charge < -0.3 is 9.88 Å². The monoisotopic (exact) mass is 477 g/mol. The number of nitrogens with one attached hydrogen (secondary N) is 1. The van der Waals surface area contributed by atoms with Gasteiger partial charge in [0.05, 0.1) is 4.91 Å². The summed E-state index contributed by atoms with van der Waals surface area (Å²) < 4.78 is 15.6. The fourth-order valence-electron chi connectivity index (χ4n) is 3.89. The van der Waals surface area contributed by atoms with Crippen LogP contribution >= 0.6 is 11.8 Å². The minimum atomic E-state index is -0.513. The van der Waals surface area contributed by atoms with Crippen molar-refractivity contribution < 1.29 is 18.8 Å². The van der Waals surface area contributed by atoms with Crippen molar-refractivity contribution >= 4 is 40.6 Å². The fourth-order valence-corrected chi connectivity index (χ4v) is 4.72. The number of hydrogen-bond donors (Lipinski definition) is 1. The Morgan fingerprint density at radius 1 is 1.03 bits per heavy atom. The first kappa shape index (κ1) is 23.5. The Hall–Kier alpha value is -3.65. The quantitative estimate of drug-likeness (QED) is 0.491. The molecule has 3 amide bonds. The molecule has 0 spiro atoms. The van der Waals surface area contributed by atoms with Crippen molar-refractivity contribution in [3.8, 4) is 5.69 Å². The molecule has 2 aromatic carbocycles. The third-order valence-electron chi connectivity index (χ3n) is 5.79. The van der Waals surface area contributed by atoms with E-state index in [2.05, 4.69) is 5.32 Å². The first-order chi connectivity index (χ1) is 16.1. The molecule has 8 heteroatoms. The molecule has 0 bridgehead atoms. The number of imide groups is 1. The van der Waals surface area contributed by atoms with Crippen molar-refractivity contribution in [1.82, 2.24) is 9.47 Å². The highest BCUT2D eigenvalue weighted by atomic mass is 32.2. The molecule has 1 aliphatic rings. The summed E-state index contributed by atoms with van der Waals surface area (Å²) in [6, 6.07) is 13.6. The molecule has 0 saturated carbocycles. The molecule has 3 aromatic rings. The predicted molar refractivity (Wildman–Crippen MR) is 132 cm³/mol. The van der Waals surface area contributed by atoms with E-state index < -0.39 is 17.1 Å². The average molecular weight is 478 g/mol. The number of halogens is 1. The number of anilines is 1. The molecule has 0 aliphatic carbocycles. The summed E-state index contributed by atoms with van der Waals surface area (Å²) in [5.41, 5.74) is 5.83. The number of carbonyl (C=O) groups excluding carboxylic acids is 3. The van der Waals surface area contributed by atoms with Crippen LogP contribution in [0.1, 0.15) is 28.1 Å². The number of rotatable bonds is 5. The van der Waals surface area contributed by atoms with Gasteiger partial charge in [0, 0.05) is 22.8 Å². The van der Waals surface area contributed by atoms with Gasteiger partial charge in [0.1, 0.15) is 12.4 Å². The summed E-state index contributed by atoms with van der Waals surface area (Å²) in [7, 11) is 0. The maximum absolute atomic E-state index is 13.7. The largest absolute Gasteiger partial charge is 0.325 e. The van der Waals surface area contributed by atoms with Gasteiger partial charge in [-0.2, -0.15) is 0 Å². The van der Waals surface area contributed by atoms with Crippen molar-refractivity contribution in [2.24, 2.45) is 0 Å². The average Bonchev–Trinajstić information content (AvgIpc) is 3.20. The standard InChI is InChI=1S/C26H24FN3O3S/c1-15-8-9-21(10-16(15)2)28-24(31)14-29-25(32)23(34-26(29)33)12-19-11-17(3)30(18(19)4)22-7-5-6-20(27)13-22/h5-13H,14H2,1-4H3,(H,28,31)/b23-12+. The van der Waals surface area contributed by atoms with Crippen LogP contribution in [0.3, 0.4) is 0 Å². The van der Waals surface area contributed by atoms with Crippen molar-refractivity contribution in [3.05, 3.63) is 87.3 Å². The molecule has 1 saturated heterocycles. The second-order valence-electron chi connectivity index (χ2n) is 8.26. The molecule has 1 N–H and O–H groups in total. The van der Waals surface area contributed by atoms with E-state index in [9.17, 15) is 18.8 Å². The van der Waals surface area contributed by atoms with Gasteiger partial charge in [-0.3, -0.25) is 19.3 Å². The van der Waals surface area contributed by atoms with Gasteiger partial charge in [-0.05, 0) is 98.6 Å². The van der Waals surface area contributed by atoms with Gasteiger partial charge in [-0.25, -0.2) is 4.39 Å². The normalized spacial score (nSPS) is 14.9. The number of benzene rings is 2. The first-order valence-electron chi connectivity index (χ1n) is 10.7. The van der Waals surface area contributed by atoms with Crippen LogP contribution in [-0.2, 0) is 9.59 Å². The number of thioether (sulfide) groups is 1. The van der Waals surface area contributed by atoms with Crippen molar-refractivity contribution in [2.75, 3.05) is 11.9 Å². The number of aromatic nitrogens is 1. The van der Waals surface area contributed by atoms with Crippen LogP contribution in [0.25, 0.3) is 11.8 Å². The molecule has 0 atom stereocenters. The van der Waals surface area contributed by atoms with Gasteiger partial charge in [0.15, 0.2) is 0 Å². The van der Waals surface area contributed by atoms with E-state index in [0.717, 1.165) is 44.7 Å². The molecule has 1 fully saturated rings. The highest BCUT2D eigenvalue weighted by molar-refractivity contribution is 8.18. The Kier molecular flexibility index (Phi) is 6.43. The SMILES string of the molecule is Cc1ccc(NC(=O)CN2C(=O)S/C(=C/c3cc(C)n(-c4cccc(F)c4)c3C)C2=O)cc1C. The highest BCUT2D eigenvalue weighted by Crippen LogP contribution is 2.33. The Morgan fingerprint density at radius 2 is 1.79 bits per heavy atom. The van der Waals surface area contributed by atoms with Crippen molar-refractivity contribution in [1.29, 1.82) is 0 Å². The third kappa shape index (κ3) is 4.68. The van der Waals surface area contributed by atoms with Crippen LogP contribution < -0.4 is 5.32 Å². The lowest BCUT2D eigenvalue weighted by Gasteiger charge is -2.13. The topological polar surface area (TPSA) is 71.4 Å². The second kappa shape index (κ2) is 9.30. The Labute approximate surface area is 201 Å². The van der Waals surface area contributed by atoms with E-state index in [0.29, 0.717) is 11.4 Å². The molecule has 1 aromatic heterocycles. The van der Waals surface area contributed by atoms with Crippen molar-refractivity contribution in [2.45, 2.75) is 27.7 Å². The van der Waals surface area contributed by atoms with Gasteiger partial charge >= 0.3 is 0 Å². The van der Waals surface area contributed by atoms with Crippen LogP contribution in [0.5, 0.6) is 0 Å². The molecule has 1 aliphatic heterocycles. The molecular formula is C26H24FN3O3S. The van der Waals surface area contributed by atoms with E-state index >= 15 is 0 Å². The Morgan fingerprint density at radius 3 is 2.50 bits per heavy atom. The fraction of sp³-hybridized carbons (Fsp3) is 0.192. The summed E-state index contributed by atoms with van der Waals surface area (Å²) in [5.74, 6) is -1.30. The second-order valence-corrected chi connectivity index (χ2v) is 9.25. The maximum Gasteiger partial charge on any atom is 0.294 e. The van der Waals surface area contributed by atoms with E-state index in [1.807, 2.05) is 50.5 Å². The molecule has 174 valence electrons. The Balaban J connectivity index is 1.52. The Bertz CT molecular complexity index is 1360. The maximum atomic E-state index is 13.7. The van der Waals surface area contributed by atoms with Crippen LogP contribution in [-0.4, -0.2) is 33.1 Å². The summed E-state index contributed by atoms with van der Waals surface area (Å²) in [5, 5.41) is 2.24. The van der Waals surface area contributed by atoms with E-state index in [1.165, 1.54) is 12.1 Å². The summed E-state index contributed by atoms with van der Waals surface area (Å²) in [4.78, 5) is 39.1. The van der Waals surface area contributed by atoms with E-state index in [4.69, 9.17) is 0 Å². The summed E-state index contributed by atoms with van der Waals surface area (Å²) in [6.45, 7) is 7.31. The minimum Gasteiger partial charge on any atom is -0.325 e. The van der Waals surface area contributed by atoms with Crippen molar-refractivity contribution in [3.63, 3.8) is 0 Å². The van der Waals surface area contributed by atoms with E-state index in [1.54, 1.807) is 24.3 Å². The smallest absolute Gasteiger partial charge is 0.294 e. The predicted octanol–water partition coefficient (Wildman–Crippen LogP) is 5.53. The van der Waals surface area contributed by atoms with Gasteiger partial charge in [-0.15, -0.1) is 0 Å². The molecule has 34 heavy (non-hydrogen) atoms. The first-order valence-corrected chi connectivity index (χ1v) is 11.5. The van der Waals surface area contributed by atoms with E-state index in [-0.39, 0.29) is 17.3 Å². The highest BCUT2D eigenvalue weighted by Gasteiger charge is 2.36. The molecule has 4 rings (SSSR count). The van der Waals surface area contributed by atoms with Crippen LogP contribution in [0.2, 0.25) is 0 Å². The molecular weight excluding hydrogens is 453 g/mol. The molecule has 0 radical (unpaired) electrons. The van der Waals surface area contributed by atoms with Crippen LogP contribution in [0.15, 0.2) is 53.4 Å². The van der Waals surface area contributed by atoms with Crippen LogP contribution in [0.4, 0.5) is 14.9 Å². The number of hydrogen-bond acceptors (Lipinski definition) is 4. The number of carbonyl (C=O) groups is 3. The summed E-state index contributed by atoms with van der Waals surface area (Å²) >= 11 is 0.801. The zero-order valence-electron chi connectivity index (χ0n) is 19.3. The number of nitrogens with zero attached hydrogens (tertiary/aromatic N) is 2. The number of amides is 3. The lowest BCUT2D eigenvalue weighted by atomic mass is 10.1. The zero-order valence-corrected chi connectivity index (χ0v) is 20.1. The third-order valence-corrected chi connectivity index (χ3v) is 6.70. The van der Waals surface area contributed by atoms with Gasteiger partial charge in [0.2, 0.25) is 5.91 Å². The van der Waals surface area contributed by atoms with Gasteiger partial charge in [0.25, 0.3) is 11.1 Å². The summed E-state index contributed by atoms with van der Waals surface area (Å²) in [6.07, 6.45) is 1.64. The molecule has 6 nitrogen and oxygen atoms in total.